The molecule has 0 radical (unpaired) electrons. The minimum Gasteiger partial charge on any atom is -0.352 e. The van der Waals surface area contributed by atoms with Crippen molar-refractivity contribution in [3.05, 3.63) is 81.9 Å². The second-order valence-electron chi connectivity index (χ2n) is 7.42. The van der Waals surface area contributed by atoms with E-state index in [-0.39, 0.29) is 17.5 Å². The lowest BCUT2D eigenvalue weighted by Gasteiger charge is -2.20. The second-order valence-corrected chi connectivity index (χ2v) is 7.83. The van der Waals surface area contributed by atoms with Gasteiger partial charge in [-0.15, -0.1) is 10.2 Å². The van der Waals surface area contributed by atoms with Crippen molar-refractivity contribution in [1.29, 1.82) is 0 Å². The van der Waals surface area contributed by atoms with Gasteiger partial charge in [-0.3, -0.25) is 9.69 Å². The molecule has 1 amide bonds. The van der Waals surface area contributed by atoms with Gasteiger partial charge in [0.25, 0.3) is 5.91 Å². The Morgan fingerprint density at radius 2 is 1.87 bits per heavy atom. The van der Waals surface area contributed by atoms with Crippen LogP contribution >= 0.6 is 11.6 Å². The average molecular weight is 446 g/mol. The molecule has 2 heterocycles. The maximum Gasteiger partial charge on any atom is 0.251 e. The van der Waals surface area contributed by atoms with Crippen LogP contribution in [-0.2, 0) is 25.9 Å². The van der Waals surface area contributed by atoms with Crippen LogP contribution in [0.4, 0.5) is 8.78 Å². The van der Waals surface area contributed by atoms with E-state index in [2.05, 4.69) is 25.0 Å². The number of hydrogen-bond acceptors (Lipinski definition) is 4. The third kappa shape index (κ3) is 5.08. The van der Waals surface area contributed by atoms with Crippen molar-refractivity contribution < 1.29 is 13.6 Å². The highest BCUT2D eigenvalue weighted by molar-refractivity contribution is 6.31. The zero-order chi connectivity index (χ0) is 21.8. The summed E-state index contributed by atoms with van der Waals surface area (Å²) in [6.07, 6.45) is 1.22. The van der Waals surface area contributed by atoms with Crippen LogP contribution in [-0.4, -0.2) is 45.2 Å². The number of amides is 1. The van der Waals surface area contributed by atoms with Gasteiger partial charge in [-0.2, -0.15) is 0 Å². The van der Waals surface area contributed by atoms with Gasteiger partial charge in [0.15, 0.2) is 0 Å². The molecule has 1 N–H and O–H groups in total. The Morgan fingerprint density at radius 1 is 1.06 bits per heavy atom. The molecule has 0 saturated heterocycles. The molecule has 3 aromatic rings. The van der Waals surface area contributed by atoms with Crippen LogP contribution < -0.4 is 5.32 Å². The SMILES string of the molecule is O=C(NCCc1nnc2n1CCN(Cc1c(F)cccc1Cl)CC2)c1ccc(F)cc1. The summed E-state index contributed by atoms with van der Waals surface area (Å²) in [5.74, 6) is 0.730. The van der Waals surface area contributed by atoms with E-state index in [0.717, 1.165) is 18.2 Å². The van der Waals surface area contributed by atoms with Crippen molar-refractivity contribution >= 4 is 17.5 Å². The van der Waals surface area contributed by atoms with Gasteiger partial charge in [0, 0.05) is 61.7 Å². The van der Waals surface area contributed by atoms with E-state index in [1.54, 1.807) is 12.1 Å². The van der Waals surface area contributed by atoms with Gasteiger partial charge in [-0.05, 0) is 36.4 Å². The number of rotatable bonds is 6. The lowest BCUT2D eigenvalue weighted by atomic mass is 10.2. The van der Waals surface area contributed by atoms with E-state index in [1.807, 2.05) is 0 Å². The third-order valence-corrected chi connectivity index (χ3v) is 5.73. The molecule has 9 heteroatoms. The number of aromatic nitrogens is 3. The van der Waals surface area contributed by atoms with Gasteiger partial charge in [0.1, 0.15) is 23.3 Å². The summed E-state index contributed by atoms with van der Waals surface area (Å²) in [7, 11) is 0. The molecule has 0 fully saturated rings. The minimum absolute atomic E-state index is 0.261. The Balaban J connectivity index is 1.33. The van der Waals surface area contributed by atoms with Crippen LogP contribution in [0.3, 0.4) is 0 Å². The normalized spacial score (nSPS) is 14.2. The largest absolute Gasteiger partial charge is 0.352 e. The van der Waals surface area contributed by atoms with Crippen molar-refractivity contribution in [2.24, 2.45) is 0 Å². The van der Waals surface area contributed by atoms with Crippen LogP contribution in [0.5, 0.6) is 0 Å². The molecule has 4 rings (SSSR count). The number of halogens is 3. The highest BCUT2D eigenvalue weighted by atomic mass is 35.5. The standard InChI is InChI=1S/C22H22ClF2N5O/c23-18-2-1-3-19(25)17(18)14-29-11-9-21-28-27-20(30(21)13-12-29)8-10-26-22(31)15-4-6-16(24)7-5-15/h1-7H,8-14H2,(H,26,31). The van der Waals surface area contributed by atoms with Crippen LogP contribution in [0.25, 0.3) is 0 Å². The zero-order valence-corrected chi connectivity index (χ0v) is 17.6. The molecule has 0 saturated carbocycles. The summed E-state index contributed by atoms with van der Waals surface area (Å²) in [5.41, 5.74) is 0.912. The van der Waals surface area contributed by atoms with Crippen molar-refractivity contribution in [3.8, 4) is 0 Å². The molecule has 2 aromatic carbocycles. The summed E-state index contributed by atoms with van der Waals surface area (Å²) in [5, 5.41) is 11.8. The van der Waals surface area contributed by atoms with E-state index in [0.29, 0.717) is 55.2 Å². The lowest BCUT2D eigenvalue weighted by Crippen LogP contribution is -2.28. The third-order valence-electron chi connectivity index (χ3n) is 5.38. The predicted molar refractivity (Wildman–Crippen MR) is 113 cm³/mol. The Bertz CT molecular complexity index is 1050. The van der Waals surface area contributed by atoms with E-state index in [4.69, 9.17) is 11.6 Å². The quantitative estimate of drug-likeness (QED) is 0.632. The Hall–Kier alpha value is -2.84. The molecule has 1 aliphatic heterocycles. The van der Waals surface area contributed by atoms with Crippen molar-refractivity contribution in [2.75, 3.05) is 19.6 Å². The van der Waals surface area contributed by atoms with E-state index < -0.39 is 0 Å². The minimum atomic E-state index is -0.381. The molecule has 0 spiro atoms. The predicted octanol–water partition coefficient (Wildman–Crippen LogP) is 3.24. The fourth-order valence-electron chi connectivity index (χ4n) is 3.67. The van der Waals surface area contributed by atoms with Gasteiger partial charge in [0.05, 0.1) is 0 Å². The average Bonchev–Trinajstić information content (AvgIpc) is 3.02. The van der Waals surface area contributed by atoms with Gasteiger partial charge in [0.2, 0.25) is 0 Å². The number of hydrogen-bond donors (Lipinski definition) is 1. The molecule has 1 aliphatic rings. The topological polar surface area (TPSA) is 63.1 Å². The van der Waals surface area contributed by atoms with Gasteiger partial charge in [-0.1, -0.05) is 17.7 Å². The summed E-state index contributed by atoms with van der Waals surface area (Å²) in [6.45, 7) is 2.94. The van der Waals surface area contributed by atoms with E-state index in [9.17, 15) is 13.6 Å². The van der Waals surface area contributed by atoms with E-state index >= 15 is 0 Å². The summed E-state index contributed by atoms with van der Waals surface area (Å²) < 4.78 is 29.2. The fourth-order valence-corrected chi connectivity index (χ4v) is 3.89. The van der Waals surface area contributed by atoms with Crippen LogP contribution in [0.1, 0.15) is 27.6 Å². The van der Waals surface area contributed by atoms with Gasteiger partial charge in [-0.25, -0.2) is 8.78 Å². The molecule has 162 valence electrons. The van der Waals surface area contributed by atoms with Gasteiger partial charge < -0.3 is 9.88 Å². The number of fused-ring (bicyclic) bond motifs is 1. The van der Waals surface area contributed by atoms with Crippen molar-refractivity contribution in [3.63, 3.8) is 0 Å². The van der Waals surface area contributed by atoms with E-state index in [1.165, 1.54) is 30.3 Å². The molecular formula is C22H22ClF2N5O. The Labute approximate surface area is 183 Å². The number of carbonyl (C=O) groups excluding carboxylic acids is 1. The molecule has 6 nitrogen and oxygen atoms in total. The molecule has 31 heavy (non-hydrogen) atoms. The zero-order valence-electron chi connectivity index (χ0n) is 16.8. The fraction of sp³-hybridized carbons (Fsp3) is 0.318. The molecule has 0 unspecified atom stereocenters. The second kappa shape index (κ2) is 9.53. The van der Waals surface area contributed by atoms with Crippen LogP contribution in [0, 0.1) is 11.6 Å². The first kappa shape index (κ1) is 21.4. The molecule has 0 atom stereocenters. The molecule has 0 bridgehead atoms. The first-order valence-corrected chi connectivity index (χ1v) is 10.5. The summed E-state index contributed by atoms with van der Waals surface area (Å²) in [4.78, 5) is 14.3. The molecule has 1 aromatic heterocycles. The Kier molecular flexibility index (Phi) is 6.58. The molecular weight excluding hydrogens is 424 g/mol. The first-order valence-electron chi connectivity index (χ1n) is 10.1. The number of benzene rings is 2. The Morgan fingerprint density at radius 3 is 2.65 bits per heavy atom. The van der Waals surface area contributed by atoms with Gasteiger partial charge >= 0.3 is 0 Å². The lowest BCUT2D eigenvalue weighted by molar-refractivity contribution is 0.0954. The monoisotopic (exact) mass is 445 g/mol. The number of nitrogens with zero attached hydrogens (tertiary/aromatic N) is 4. The smallest absolute Gasteiger partial charge is 0.251 e. The maximum atomic E-state index is 14.1. The maximum absolute atomic E-state index is 14.1. The first-order chi connectivity index (χ1) is 15.0. The highest BCUT2D eigenvalue weighted by Gasteiger charge is 2.20. The van der Waals surface area contributed by atoms with Crippen molar-refractivity contribution in [1.82, 2.24) is 25.0 Å². The van der Waals surface area contributed by atoms with Crippen LogP contribution in [0.2, 0.25) is 5.02 Å². The van der Waals surface area contributed by atoms with Crippen molar-refractivity contribution in [2.45, 2.75) is 25.9 Å². The number of nitrogens with one attached hydrogen (secondary N) is 1. The highest BCUT2D eigenvalue weighted by Crippen LogP contribution is 2.22. The molecule has 0 aliphatic carbocycles. The number of carbonyl (C=O) groups is 1. The van der Waals surface area contributed by atoms with Crippen LogP contribution in [0.15, 0.2) is 42.5 Å². The summed E-state index contributed by atoms with van der Waals surface area (Å²) in [6, 6.07) is 10.1. The summed E-state index contributed by atoms with van der Waals surface area (Å²) >= 11 is 6.17.